The number of amides is 1. The number of ether oxygens (including phenoxy) is 2. The molecule has 2 atom stereocenters. The van der Waals surface area contributed by atoms with Crippen LogP contribution in [0, 0.1) is 5.92 Å². The van der Waals surface area contributed by atoms with Crippen molar-refractivity contribution in [3.05, 3.63) is 59.9 Å². The summed E-state index contributed by atoms with van der Waals surface area (Å²) in [5, 5.41) is 3.21. The minimum absolute atomic E-state index is 0.0170. The average Bonchev–Trinajstić information content (AvgIpc) is 3.16. The van der Waals surface area contributed by atoms with Crippen molar-refractivity contribution in [2.45, 2.75) is 12.5 Å². The van der Waals surface area contributed by atoms with E-state index >= 15 is 0 Å². The Morgan fingerprint density at radius 2 is 1.85 bits per heavy atom. The molecule has 1 amide bonds. The molecule has 1 aromatic carbocycles. The largest absolute Gasteiger partial charge is 0.379 e. The summed E-state index contributed by atoms with van der Waals surface area (Å²) in [5.41, 5.74) is 2.91. The summed E-state index contributed by atoms with van der Waals surface area (Å²) in [6, 6.07) is 11.9. The van der Waals surface area contributed by atoms with E-state index in [1.165, 1.54) is 5.56 Å². The summed E-state index contributed by atoms with van der Waals surface area (Å²) in [6.07, 6.45) is 4.48. The Balaban J connectivity index is 1.45. The molecule has 0 unspecified atom stereocenters. The van der Waals surface area contributed by atoms with Crippen LogP contribution in [0.1, 0.15) is 15.9 Å². The molecule has 2 aromatic rings. The number of pyridine rings is 1. The van der Waals surface area contributed by atoms with Gasteiger partial charge >= 0.3 is 0 Å². The van der Waals surface area contributed by atoms with Crippen LogP contribution in [0.5, 0.6) is 0 Å². The van der Waals surface area contributed by atoms with Gasteiger partial charge < -0.3 is 19.7 Å². The van der Waals surface area contributed by atoms with E-state index in [1.807, 2.05) is 36.4 Å². The van der Waals surface area contributed by atoms with Crippen LogP contribution in [0.2, 0.25) is 0 Å². The topological polar surface area (TPSA) is 63.7 Å². The van der Waals surface area contributed by atoms with Crippen LogP contribution in [0.3, 0.4) is 0 Å². The quantitative estimate of drug-likeness (QED) is 0.875. The first kappa shape index (κ1) is 17.9. The van der Waals surface area contributed by atoms with Gasteiger partial charge in [-0.05, 0) is 36.2 Å². The van der Waals surface area contributed by atoms with Crippen LogP contribution in [0.15, 0.2) is 48.8 Å². The van der Waals surface area contributed by atoms with Crippen molar-refractivity contribution in [1.29, 1.82) is 0 Å². The van der Waals surface area contributed by atoms with Crippen molar-refractivity contribution < 1.29 is 14.3 Å². The molecule has 142 valence electrons. The number of aromatic nitrogens is 1. The van der Waals surface area contributed by atoms with Crippen LogP contribution in [0.25, 0.3) is 0 Å². The van der Waals surface area contributed by atoms with Crippen LogP contribution in [-0.2, 0) is 15.9 Å². The molecule has 2 aliphatic rings. The fourth-order valence-electron chi connectivity index (χ4n) is 3.77. The summed E-state index contributed by atoms with van der Waals surface area (Å²) in [5.74, 6) is 0.235. The smallest absolute Gasteiger partial charge is 0.253 e. The van der Waals surface area contributed by atoms with Crippen LogP contribution in [-0.4, -0.2) is 56.5 Å². The third-order valence-corrected chi connectivity index (χ3v) is 5.26. The second-order valence-electron chi connectivity index (χ2n) is 7.05. The molecule has 27 heavy (non-hydrogen) atoms. The lowest BCUT2D eigenvalue weighted by Crippen LogP contribution is -2.42. The van der Waals surface area contributed by atoms with Crippen molar-refractivity contribution in [2.24, 2.45) is 5.92 Å². The van der Waals surface area contributed by atoms with Crippen molar-refractivity contribution >= 4 is 11.6 Å². The summed E-state index contributed by atoms with van der Waals surface area (Å²) < 4.78 is 11.1. The number of nitrogens with zero attached hydrogens (tertiary/aromatic N) is 2. The lowest BCUT2D eigenvalue weighted by atomic mass is 9.95. The summed E-state index contributed by atoms with van der Waals surface area (Å²) >= 11 is 0. The van der Waals surface area contributed by atoms with Crippen LogP contribution in [0.4, 0.5) is 5.69 Å². The Labute approximate surface area is 159 Å². The van der Waals surface area contributed by atoms with Gasteiger partial charge in [-0.25, -0.2) is 0 Å². The predicted molar refractivity (Wildman–Crippen MR) is 103 cm³/mol. The molecule has 0 spiro atoms. The van der Waals surface area contributed by atoms with Gasteiger partial charge in [0.25, 0.3) is 5.91 Å². The van der Waals surface area contributed by atoms with E-state index in [-0.39, 0.29) is 17.9 Å². The monoisotopic (exact) mass is 367 g/mol. The number of nitrogens with one attached hydrogen (secondary N) is 1. The van der Waals surface area contributed by atoms with E-state index in [2.05, 4.69) is 15.2 Å². The molecule has 0 saturated carbocycles. The average molecular weight is 367 g/mol. The molecule has 2 fully saturated rings. The number of hydrogen-bond acceptors (Lipinski definition) is 5. The van der Waals surface area contributed by atoms with Gasteiger partial charge in [0.15, 0.2) is 0 Å². The van der Waals surface area contributed by atoms with Gasteiger partial charge in [0.2, 0.25) is 0 Å². The molecule has 2 aliphatic heterocycles. The number of para-hydroxylation sites is 1. The molecule has 0 bridgehead atoms. The molecule has 1 N–H and O–H groups in total. The molecule has 6 heteroatoms. The lowest BCUT2D eigenvalue weighted by Gasteiger charge is -2.30. The zero-order valence-electron chi connectivity index (χ0n) is 15.3. The maximum atomic E-state index is 13.0. The van der Waals surface area contributed by atoms with Gasteiger partial charge in [-0.2, -0.15) is 0 Å². The highest BCUT2D eigenvalue weighted by molar-refractivity contribution is 6.00. The highest BCUT2D eigenvalue weighted by Gasteiger charge is 2.30. The van der Waals surface area contributed by atoms with Crippen molar-refractivity contribution in [3.8, 4) is 0 Å². The van der Waals surface area contributed by atoms with E-state index in [4.69, 9.17) is 9.47 Å². The van der Waals surface area contributed by atoms with Gasteiger partial charge in [-0.3, -0.25) is 9.78 Å². The molecule has 0 radical (unpaired) electrons. The zero-order valence-corrected chi connectivity index (χ0v) is 15.3. The highest BCUT2D eigenvalue weighted by Crippen LogP contribution is 2.23. The molecular formula is C21H25N3O3. The molecule has 0 aliphatic carbocycles. The highest BCUT2D eigenvalue weighted by atomic mass is 16.5. The van der Waals surface area contributed by atoms with Crippen LogP contribution < -0.4 is 10.2 Å². The fraction of sp³-hybridized carbons (Fsp3) is 0.429. The van der Waals surface area contributed by atoms with E-state index < -0.39 is 0 Å². The van der Waals surface area contributed by atoms with E-state index in [1.54, 1.807) is 12.4 Å². The number of rotatable bonds is 5. The predicted octanol–water partition coefficient (Wildman–Crippen LogP) is 1.91. The van der Waals surface area contributed by atoms with Gasteiger partial charge in [-0.1, -0.05) is 12.1 Å². The van der Waals surface area contributed by atoms with E-state index in [0.717, 1.165) is 25.2 Å². The fourth-order valence-corrected chi connectivity index (χ4v) is 3.77. The molecular weight excluding hydrogens is 342 g/mol. The zero-order chi connectivity index (χ0) is 18.5. The van der Waals surface area contributed by atoms with Gasteiger partial charge in [0.05, 0.1) is 38.0 Å². The normalized spacial score (nSPS) is 22.6. The van der Waals surface area contributed by atoms with E-state index in [0.29, 0.717) is 32.0 Å². The van der Waals surface area contributed by atoms with Crippen molar-refractivity contribution in [1.82, 2.24) is 10.3 Å². The maximum Gasteiger partial charge on any atom is 0.253 e. The lowest BCUT2D eigenvalue weighted by molar-refractivity contribution is 0.0923. The standard InChI is InChI=1S/C21H25N3O3/c25-21(18-3-1-2-4-20(18)24-9-11-26-12-10-24)23-19-15-27-14-17(19)13-16-5-7-22-8-6-16/h1-8,17,19H,9-15H2,(H,23,25)/t17-,19-/m1/s1. The van der Waals surface area contributed by atoms with Gasteiger partial charge in [-0.15, -0.1) is 0 Å². The molecule has 4 rings (SSSR count). The Bertz CT molecular complexity index is 762. The summed E-state index contributed by atoms with van der Waals surface area (Å²) in [6.45, 7) is 4.23. The second kappa shape index (κ2) is 8.50. The number of carbonyl (C=O) groups is 1. The first-order chi connectivity index (χ1) is 13.3. The summed E-state index contributed by atoms with van der Waals surface area (Å²) in [4.78, 5) is 19.3. The van der Waals surface area contributed by atoms with Gasteiger partial charge in [0, 0.05) is 37.1 Å². The Morgan fingerprint density at radius 1 is 1.07 bits per heavy atom. The minimum Gasteiger partial charge on any atom is -0.379 e. The van der Waals surface area contributed by atoms with Gasteiger partial charge in [0.1, 0.15) is 0 Å². The molecule has 6 nitrogen and oxygen atoms in total. The Morgan fingerprint density at radius 3 is 2.67 bits per heavy atom. The van der Waals surface area contributed by atoms with Crippen LogP contribution >= 0.6 is 0 Å². The third kappa shape index (κ3) is 4.28. The third-order valence-electron chi connectivity index (χ3n) is 5.26. The number of benzene rings is 1. The van der Waals surface area contributed by atoms with E-state index in [9.17, 15) is 4.79 Å². The Kier molecular flexibility index (Phi) is 5.65. The van der Waals surface area contributed by atoms with Crippen molar-refractivity contribution in [3.63, 3.8) is 0 Å². The number of morpholine rings is 1. The maximum absolute atomic E-state index is 13.0. The Hall–Kier alpha value is -2.44. The SMILES string of the molecule is O=C(N[C@@H]1COC[C@H]1Cc1ccncc1)c1ccccc1N1CCOCC1. The number of carbonyl (C=O) groups excluding carboxylic acids is 1. The minimum atomic E-state index is -0.0349. The molecule has 2 saturated heterocycles. The first-order valence-corrected chi connectivity index (χ1v) is 9.50. The first-order valence-electron chi connectivity index (χ1n) is 9.50. The molecule has 3 heterocycles. The molecule has 1 aromatic heterocycles. The summed E-state index contributed by atoms with van der Waals surface area (Å²) in [7, 11) is 0. The second-order valence-corrected chi connectivity index (χ2v) is 7.05. The van der Waals surface area contributed by atoms with Crippen molar-refractivity contribution in [2.75, 3.05) is 44.4 Å². The number of hydrogen-bond donors (Lipinski definition) is 1. The number of anilines is 1.